The summed E-state index contributed by atoms with van der Waals surface area (Å²) in [6.07, 6.45) is -2.40. The molecule has 0 unspecified atom stereocenters. The van der Waals surface area contributed by atoms with Gasteiger partial charge >= 0.3 is 0 Å². The fourth-order valence-electron chi connectivity index (χ4n) is 1.26. The van der Waals surface area contributed by atoms with Crippen LogP contribution in [0.5, 0.6) is 5.75 Å². The molecule has 5 heteroatoms. The Morgan fingerprint density at radius 1 is 1.29 bits per heavy atom. The zero-order chi connectivity index (χ0) is 12.7. The lowest BCUT2D eigenvalue weighted by Crippen LogP contribution is -2.09. The van der Waals surface area contributed by atoms with Gasteiger partial charge in [0.1, 0.15) is 12.4 Å². The number of methoxy groups -OCH3 is 1. The van der Waals surface area contributed by atoms with Gasteiger partial charge in [-0.05, 0) is 24.3 Å². The van der Waals surface area contributed by atoms with Gasteiger partial charge in [-0.3, -0.25) is 4.79 Å². The van der Waals surface area contributed by atoms with Crippen molar-refractivity contribution in [2.24, 2.45) is 0 Å². The number of ether oxygens (including phenoxy) is 2. The van der Waals surface area contributed by atoms with E-state index >= 15 is 0 Å². The first-order valence-corrected chi connectivity index (χ1v) is 5.16. The molecule has 0 atom stereocenters. The fourth-order valence-corrected chi connectivity index (χ4v) is 1.26. The molecule has 0 N–H and O–H groups in total. The molecule has 0 saturated heterocycles. The summed E-state index contributed by atoms with van der Waals surface area (Å²) in [5.41, 5.74) is 0.520. The Balaban J connectivity index is 2.36. The molecule has 0 radical (unpaired) electrons. The number of rotatable bonds is 7. The highest BCUT2D eigenvalue weighted by molar-refractivity contribution is 5.96. The topological polar surface area (TPSA) is 35.5 Å². The first kappa shape index (κ1) is 13.6. The third-order valence-corrected chi connectivity index (χ3v) is 2.13. The predicted molar refractivity (Wildman–Crippen MR) is 58.8 cm³/mol. The van der Waals surface area contributed by atoms with Crippen LogP contribution in [-0.4, -0.2) is 32.5 Å². The molecular formula is C12H14F2O3. The molecule has 17 heavy (non-hydrogen) atoms. The number of hydrogen-bond donors (Lipinski definition) is 0. The maximum absolute atomic E-state index is 11.7. The molecule has 0 aliphatic heterocycles. The zero-order valence-corrected chi connectivity index (χ0v) is 9.49. The van der Waals surface area contributed by atoms with Crippen molar-refractivity contribution in [1.29, 1.82) is 0 Å². The number of halogens is 2. The number of alkyl halides is 2. The predicted octanol–water partition coefficient (Wildman–Crippen LogP) is 2.55. The highest BCUT2D eigenvalue weighted by Gasteiger charge is 2.07. The molecule has 0 aromatic heterocycles. The van der Waals surface area contributed by atoms with Gasteiger partial charge in [0, 0.05) is 12.0 Å². The number of ketones is 1. The minimum atomic E-state index is -2.49. The van der Waals surface area contributed by atoms with E-state index in [9.17, 15) is 13.6 Å². The van der Waals surface area contributed by atoms with Crippen molar-refractivity contribution < 1.29 is 23.0 Å². The molecule has 0 saturated carbocycles. The van der Waals surface area contributed by atoms with E-state index in [1.54, 1.807) is 24.3 Å². The highest BCUT2D eigenvalue weighted by Crippen LogP contribution is 2.12. The van der Waals surface area contributed by atoms with Crippen LogP contribution in [0.15, 0.2) is 24.3 Å². The van der Waals surface area contributed by atoms with Crippen molar-refractivity contribution in [2.45, 2.75) is 12.8 Å². The zero-order valence-electron chi connectivity index (χ0n) is 9.49. The second-order valence-corrected chi connectivity index (χ2v) is 3.37. The Labute approximate surface area is 98.3 Å². The van der Waals surface area contributed by atoms with Gasteiger partial charge in [-0.1, -0.05) is 0 Å². The molecule has 0 aliphatic carbocycles. The molecular weight excluding hydrogens is 230 g/mol. The molecule has 0 fully saturated rings. The Bertz CT molecular complexity index is 349. The van der Waals surface area contributed by atoms with Crippen LogP contribution in [0.4, 0.5) is 8.78 Å². The number of Topliss-reactive ketones (excluding diaryl/α,β-unsaturated/α-hetero) is 1. The van der Waals surface area contributed by atoms with Crippen molar-refractivity contribution >= 4 is 5.78 Å². The summed E-state index contributed by atoms with van der Waals surface area (Å²) in [5, 5.41) is 0. The van der Waals surface area contributed by atoms with Crippen molar-refractivity contribution in [3.05, 3.63) is 29.8 Å². The lowest BCUT2D eigenvalue weighted by atomic mass is 10.1. The molecule has 1 aromatic rings. The third kappa shape index (κ3) is 4.91. The monoisotopic (exact) mass is 244 g/mol. The second kappa shape index (κ2) is 6.96. The van der Waals surface area contributed by atoms with Gasteiger partial charge in [0.2, 0.25) is 0 Å². The fraction of sp³-hybridized carbons (Fsp3) is 0.417. The quantitative estimate of drug-likeness (QED) is 0.546. The van der Waals surface area contributed by atoms with Gasteiger partial charge in [-0.15, -0.1) is 0 Å². The lowest BCUT2D eigenvalue weighted by Gasteiger charge is -2.04. The molecule has 1 rings (SSSR count). The van der Waals surface area contributed by atoms with Crippen LogP contribution < -0.4 is 4.74 Å². The van der Waals surface area contributed by atoms with E-state index in [2.05, 4.69) is 4.74 Å². The summed E-state index contributed by atoms with van der Waals surface area (Å²) in [5.74, 6) is 0.525. The average Bonchev–Trinajstić information content (AvgIpc) is 2.34. The summed E-state index contributed by atoms with van der Waals surface area (Å²) in [6.45, 7) is -0.620. The van der Waals surface area contributed by atoms with Gasteiger partial charge in [0.15, 0.2) is 5.78 Å². The average molecular weight is 244 g/mol. The standard InChI is InChI=1S/C12H14F2O3/c1-16-10-4-2-9(3-5-10)11(15)6-7-17-8-12(13)14/h2-5,12H,6-8H2,1H3. The van der Waals surface area contributed by atoms with Crippen LogP contribution in [0.2, 0.25) is 0 Å². The Kier molecular flexibility index (Phi) is 5.56. The number of benzene rings is 1. The molecule has 0 heterocycles. The molecule has 0 amide bonds. The van der Waals surface area contributed by atoms with Crippen molar-refractivity contribution in [1.82, 2.24) is 0 Å². The van der Waals surface area contributed by atoms with Gasteiger partial charge in [0.05, 0.1) is 13.7 Å². The maximum atomic E-state index is 11.7. The Morgan fingerprint density at radius 2 is 1.94 bits per heavy atom. The van der Waals surface area contributed by atoms with Gasteiger partial charge < -0.3 is 9.47 Å². The first-order chi connectivity index (χ1) is 8.13. The summed E-state index contributed by atoms with van der Waals surface area (Å²) in [6, 6.07) is 6.61. The molecule has 0 spiro atoms. The number of hydrogen-bond acceptors (Lipinski definition) is 3. The summed E-state index contributed by atoms with van der Waals surface area (Å²) < 4.78 is 33.1. The molecule has 0 aliphatic rings. The normalized spacial score (nSPS) is 10.6. The van der Waals surface area contributed by atoms with Crippen molar-refractivity contribution in [2.75, 3.05) is 20.3 Å². The van der Waals surface area contributed by atoms with Gasteiger partial charge in [-0.25, -0.2) is 8.78 Å². The van der Waals surface area contributed by atoms with E-state index in [1.807, 2.05) is 0 Å². The van der Waals surface area contributed by atoms with Crippen LogP contribution in [-0.2, 0) is 4.74 Å². The van der Waals surface area contributed by atoms with E-state index in [0.29, 0.717) is 11.3 Å². The summed E-state index contributed by atoms with van der Waals surface area (Å²) in [4.78, 5) is 11.6. The van der Waals surface area contributed by atoms with Crippen LogP contribution in [0.1, 0.15) is 16.8 Å². The van der Waals surface area contributed by atoms with Crippen LogP contribution >= 0.6 is 0 Å². The van der Waals surface area contributed by atoms with E-state index in [0.717, 1.165) is 0 Å². The van der Waals surface area contributed by atoms with Gasteiger partial charge in [-0.2, -0.15) is 0 Å². The Morgan fingerprint density at radius 3 is 2.47 bits per heavy atom. The number of carbonyl (C=O) groups is 1. The smallest absolute Gasteiger partial charge is 0.261 e. The summed E-state index contributed by atoms with van der Waals surface area (Å²) >= 11 is 0. The molecule has 0 bridgehead atoms. The van der Waals surface area contributed by atoms with Crippen LogP contribution in [0, 0.1) is 0 Å². The molecule has 3 nitrogen and oxygen atoms in total. The first-order valence-electron chi connectivity index (χ1n) is 5.16. The lowest BCUT2D eigenvalue weighted by molar-refractivity contribution is 0.0170. The maximum Gasteiger partial charge on any atom is 0.261 e. The Hall–Kier alpha value is -1.49. The van der Waals surface area contributed by atoms with Crippen LogP contribution in [0.25, 0.3) is 0 Å². The highest BCUT2D eigenvalue weighted by atomic mass is 19.3. The largest absolute Gasteiger partial charge is 0.497 e. The van der Waals surface area contributed by atoms with E-state index in [4.69, 9.17) is 4.74 Å². The summed E-state index contributed by atoms with van der Waals surface area (Å²) in [7, 11) is 1.54. The molecule has 1 aromatic carbocycles. The van der Waals surface area contributed by atoms with Gasteiger partial charge in [0.25, 0.3) is 6.43 Å². The minimum Gasteiger partial charge on any atom is -0.497 e. The third-order valence-electron chi connectivity index (χ3n) is 2.13. The second-order valence-electron chi connectivity index (χ2n) is 3.37. The van der Waals surface area contributed by atoms with Crippen LogP contribution in [0.3, 0.4) is 0 Å². The van der Waals surface area contributed by atoms with E-state index in [-0.39, 0.29) is 18.8 Å². The van der Waals surface area contributed by atoms with Crippen molar-refractivity contribution in [3.63, 3.8) is 0 Å². The SMILES string of the molecule is COc1ccc(C(=O)CCOCC(F)F)cc1. The minimum absolute atomic E-state index is 0.00913. The number of carbonyl (C=O) groups excluding carboxylic acids is 1. The van der Waals surface area contributed by atoms with Crippen molar-refractivity contribution in [3.8, 4) is 5.75 Å². The van der Waals surface area contributed by atoms with E-state index in [1.165, 1.54) is 7.11 Å². The van der Waals surface area contributed by atoms with E-state index < -0.39 is 13.0 Å². The molecule has 94 valence electrons.